The Bertz CT molecular complexity index is 1440. The maximum absolute atomic E-state index is 13.3. The molecular formula is C25H22N4O3S. The van der Waals surface area contributed by atoms with E-state index >= 15 is 0 Å². The van der Waals surface area contributed by atoms with E-state index in [1.165, 1.54) is 9.44 Å². The minimum Gasteiger partial charge on any atom is -0.497 e. The van der Waals surface area contributed by atoms with Crippen molar-refractivity contribution in [3.63, 3.8) is 0 Å². The molecule has 0 saturated heterocycles. The first kappa shape index (κ1) is 21.1. The van der Waals surface area contributed by atoms with Crippen LogP contribution >= 0.6 is 11.3 Å². The van der Waals surface area contributed by atoms with Gasteiger partial charge in [-0.25, -0.2) is 10.4 Å². The van der Waals surface area contributed by atoms with Gasteiger partial charge in [0, 0.05) is 10.4 Å². The molecule has 33 heavy (non-hydrogen) atoms. The minimum absolute atomic E-state index is 0.0898. The monoisotopic (exact) mass is 458 g/mol. The van der Waals surface area contributed by atoms with Crippen LogP contribution in [0.5, 0.6) is 5.75 Å². The number of amides is 1. The second kappa shape index (κ2) is 8.99. The van der Waals surface area contributed by atoms with Crippen LogP contribution in [0, 0.1) is 0 Å². The summed E-state index contributed by atoms with van der Waals surface area (Å²) in [6, 6.07) is 14.2. The molecule has 4 aromatic rings. The summed E-state index contributed by atoms with van der Waals surface area (Å²) in [7, 11) is 1.59. The van der Waals surface area contributed by atoms with Crippen molar-refractivity contribution < 1.29 is 9.53 Å². The second-order valence-electron chi connectivity index (χ2n) is 7.84. The lowest BCUT2D eigenvalue weighted by Crippen LogP contribution is -2.21. The van der Waals surface area contributed by atoms with Gasteiger partial charge in [0.1, 0.15) is 16.9 Å². The van der Waals surface area contributed by atoms with Gasteiger partial charge in [-0.15, -0.1) is 11.3 Å². The zero-order valence-electron chi connectivity index (χ0n) is 18.1. The highest BCUT2D eigenvalue weighted by atomic mass is 32.1. The standard InChI is InChI=1S/C25H22N4O3S/c1-32-19-9-4-6-16(12-19)14-27-28-23(30)17-7-5-8-18(13-17)29-15-26-24-22(25(29)31)20-10-2-3-11-21(20)33-24/h4-9,12-15H,2-3,10-11H2,1H3,(H,28,30)/b27-14+. The Morgan fingerprint density at radius 1 is 1.18 bits per heavy atom. The zero-order chi connectivity index (χ0) is 22.8. The summed E-state index contributed by atoms with van der Waals surface area (Å²) < 4.78 is 6.70. The first-order valence-corrected chi connectivity index (χ1v) is 11.6. The molecule has 0 fully saturated rings. The summed E-state index contributed by atoms with van der Waals surface area (Å²) in [6.07, 6.45) is 7.28. The van der Waals surface area contributed by atoms with Crippen LogP contribution in [-0.2, 0) is 12.8 Å². The smallest absolute Gasteiger partial charge is 0.271 e. The molecule has 8 heteroatoms. The van der Waals surface area contributed by atoms with Gasteiger partial charge in [-0.2, -0.15) is 5.10 Å². The number of aromatic nitrogens is 2. The minimum atomic E-state index is -0.369. The molecule has 5 rings (SSSR count). The highest BCUT2D eigenvalue weighted by Crippen LogP contribution is 2.33. The third-order valence-corrected chi connectivity index (χ3v) is 6.94. The molecule has 166 valence electrons. The fourth-order valence-corrected chi connectivity index (χ4v) is 5.30. The van der Waals surface area contributed by atoms with Crippen LogP contribution in [0.3, 0.4) is 0 Å². The Morgan fingerprint density at radius 3 is 2.91 bits per heavy atom. The Labute approximate surface area is 194 Å². The van der Waals surface area contributed by atoms with E-state index in [4.69, 9.17) is 4.74 Å². The number of thiophene rings is 1. The van der Waals surface area contributed by atoms with E-state index in [2.05, 4.69) is 15.5 Å². The van der Waals surface area contributed by atoms with Crippen molar-refractivity contribution in [1.29, 1.82) is 0 Å². The van der Waals surface area contributed by atoms with Crippen LogP contribution < -0.4 is 15.7 Å². The van der Waals surface area contributed by atoms with Crippen molar-refractivity contribution >= 4 is 33.7 Å². The molecule has 0 atom stereocenters. The maximum Gasteiger partial charge on any atom is 0.271 e. The fourth-order valence-electron chi connectivity index (χ4n) is 4.08. The maximum atomic E-state index is 13.3. The Balaban J connectivity index is 1.40. The lowest BCUT2D eigenvalue weighted by molar-refractivity contribution is 0.0955. The largest absolute Gasteiger partial charge is 0.497 e. The van der Waals surface area contributed by atoms with Gasteiger partial charge in [0.2, 0.25) is 0 Å². The number of rotatable bonds is 5. The number of hydrogen-bond acceptors (Lipinski definition) is 6. The predicted octanol–water partition coefficient (Wildman–Crippen LogP) is 4.10. The third-order valence-electron chi connectivity index (χ3n) is 5.74. The summed E-state index contributed by atoms with van der Waals surface area (Å²) in [4.78, 5) is 32.6. The van der Waals surface area contributed by atoms with Crippen molar-refractivity contribution in [3.05, 3.63) is 86.8 Å². The number of nitrogens with zero attached hydrogens (tertiary/aromatic N) is 3. The van der Waals surface area contributed by atoms with E-state index in [0.717, 1.165) is 47.0 Å². The van der Waals surface area contributed by atoms with Crippen molar-refractivity contribution in [1.82, 2.24) is 15.0 Å². The van der Waals surface area contributed by atoms with E-state index in [1.54, 1.807) is 55.3 Å². The number of ether oxygens (including phenoxy) is 1. The zero-order valence-corrected chi connectivity index (χ0v) is 18.9. The van der Waals surface area contributed by atoms with Gasteiger partial charge in [-0.1, -0.05) is 18.2 Å². The molecule has 2 aromatic carbocycles. The number of benzene rings is 2. The predicted molar refractivity (Wildman–Crippen MR) is 130 cm³/mol. The number of methoxy groups -OCH3 is 1. The summed E-state index contributed by atoms with van der Waals surface area (Å²) in [5.74, 6) is 0.340. The molecule has 2 aromatic heterocycles. The molecule has 0 unspecified atom stereocenters. The lowest BCUT2D eigenvalue weighted by Gasteiger charge is -2.11. The molecule has 0 saturated carbocycles. The summed E-state index contributed by atoms with van der Waals surface area (Å²) >= 11 is 1.62. The first-order chi connectivity index (χ1) is 16.1. The van der Waals surface area contributed by atoms with Crippen LogP contribution in [0.1, 0.15) is 39.2 Å². The molecule has 0 radical (unpaired) electrons. The van der Waals surface area contributed by atoms with E-state index < -0.39 is 0 Å². The molecule has 0 bridgehead atoms. The molecule has 7 nitrogen and oxygen atoms in total. The molecule has 1 aliphatic rings. The molecule has 0 spiro atoms. The fraction of sp³-hybridized carbons (Fsp3) is 0.200. The van der Waals surface area contributed by atoms with E-state index in [-0.39, 0.29) is 11.5 Å². The highest BCUT2D eigenvalue weighted by Gasteiger charge is 2.20. The van der Waals surface area contributed by atoms with Crippen LogP contribution in [0.4, 0.5) is 0 Å². The van der Waals surface area contributed by atoms with Gasteiger partial charge in [0.25, 0.3) is 11.5 Å². The van der Waals surface area contributed by atoms with Gasteiger partial charge in [0.15, 0.2) is 0 Å². The van der Waals surface area contributed by atoms with E-state index in [9.17, 15) is 9.59 Å². The van der Waals surface area contributed by atoms with Crippen molar-refractivity contribution in [3.8, 4) is 11.4 Å². The van der Waals surface area contributed by atoms with Gasteiger partial charge >= 0.3 is 0 Å². The molecular weight excluding hydrogens is 436 g/mol. The SMILES string of the molecule is COc1cccc(/C=N/NC(=O)c2cccc(-n3cnc4sc5c(c4c3=O)CCCC5)c2)c1. The van der Waals surface area contributed by atoms with Gasteiger partial charge < -0.3 is 4.74 Å². The number of aryl methyl sites for hydroxylation is 2. The molecule has 2 heterocycles. The topological polar surface area (TPSA) is 85.6 Å². The quantitative estimate of drug-likeness (QED) is 0.360. The average molecular weight is 459 g/mol. The molecule has 1 N–H and O–H groups in total. The number of hydrazone groups is 1. The Hall–Kier alpha value is -3.78. The number of fused-ring (bicyclic) bond motifs is 3. The van der Waals surface area contributed by atoms with Crippen LogP contribution in [-0.4, -0.2) is 28.8 Å². The van der Waals surface area contributed by atoms with Crippen LogP contribution in [0.2, 0.25) is 0 Å². The van der Waals surface area contributed by atoms with Crippen molar-refractivity contribution in [2.45, 2.75) is 25.7 Å². The Kier molecular flexibility index (Phi) is 5.75. The second-order valence-corrected chi connectivity index (χ2v) is 8.92. The molecule has 0 aliphatic heterocycles. The van der Waals surface area contributed by atoms with Gasteiger partial charge in [0.05, 0.1) is 24.4 Å². The molecule has 1 aliphatic carbocycles. The van der Waals surface area contributed by atoms with Crippen LogP contribution in [0.15, 0.2) is 64.8 Å². The van der Waals surface area contributed by atoms with Crippen LogP contribution in [0.25, 0.3) is 15.9 Å². The summed E-state index contributed by atoms with van der Waals surface area (Å²) in [5.41, 5.74) is 5.38. The first-order valence-electron chi connectivity index (χ1n) is 10.7. The lowest BCUT2D eigenvalue weighted by atomic mass is 9.97. The van der Waals surface area contributed by atoms with Crippen molar-refractivity contribution in [2.75, 3.05) is 7.11 Å². The number of hydrogen-bond donors (Lipinski definition) is 1. The summed E-state index contributed by atoms with van der Waals surface area (Å²) in [5, 5.41) is 4.75. The van der Waals surface area contributed by atoms with E-state index in [0.29, 0.717) is 17.0 Å². The average Bonchev–Trinajstić information content (AvgIpc) is 3.24. The van der Waals surface area contributed by atoms with Gasteiger partial charge in [-0.05, 0) is 67.1 Å². The number of carbonyl (C=O) groups is 1. The summed E-state index contributed by atoms with van der Waals surface area (Å²) in [6.45, 7) is 0. The normalized spacial score (nSPS) is 13.2. The van der Waals surface area contributed by atoms with Gasteiger partial charge in [-0.3, -0.25) is 14.2 Å². The van der Waals surface area contributed by atoms with E-state index in [1.807, 2.05) is 24.3 Å². The van der Waals surface area contributed by atoms with Crippen molar-refractivity contribution in [2.24, 2.45) is 5.10 Å². The third kappa shape index (κ3) is 4.17. The highest BCUT2D eigenvalue weighted by molar-refractivity contribution is 7.18. The number of nitrogens with one attached hydrogen (secondary N) is 1. The number of carbonyl (C=O) groups excluding carboxylic acids is 1. The Morgan fingerprint density at radius 2 is 2.03 bits per heavy atom. The molecule has 1 amide bonds.